The van der Waals surface area contributed by atoms with Crippen molar-refractivity contribution in [3.8, 4) is 5.75 Å². The molecule has 6 rings (SSSR count). The predicted octanol–water partition coefficient (Wildman–Crippen LogP) is 9.61. The summed E-state index contributed by atoms with van der Waals surface area (Å²) in [6, 6.07) is 41.7. The number of ether oxygens (including phenoxy) is 1. The summed E-state index contributed by atoms with van der Waals surface area (Å²) in [6.07, 6.45) is -0.300. The number of halogens is 3. The Balaban J connectivity index is 1.44. The van der Waals surface area contributed by atoms with Crippen molar-refractivity contribution in [3.63, 3.8) is 0 Å². The first kappa shape index (κ1) is 26.3. The lowest BCUT2D eigenvalue weighted by Gasteiger charge is -2.32. The lowest BCUT2D eigenvalue weighted by Crippen LogP contribution is -2.35. The molecule has 0 saturated heterocycles. The van der Waals surface area contributed by atoms with Crippen LogP contribution in [-0.2, 0) is 6.61 Å². The maximum absolute atomic E-state index is 6.39. The van der Waals surface area contributed by atoms with Crippen LogP contribution in [0.25, 0.3) is 0 Å². The second kappa shape index (κ2) is 11.6. The number of benzene rings is 5. The molecule has 0 amide bonds. The van der Waals surface area contributed by atoms with Crippen LogP contribution in [0.3, 0.4) is 0 Å². The van der Waals surface area contributed by atoms with E-state index in [9.17, 15) is 0 Å². The number of anilines is 2. The van der Waals surface area contributed by atoms with Gasteiger partial charge < -0.3 is 4.74 Å². The maximum Gasteiger partial charge on any atom is 0.162 e. The van der Waals surface area contributed by atoms with Crippen molar-refractivity contribution in [2.45, 2.75) is 12.8 Å². The first-order valence-electron chi connectivity index (χ1n) is 12.8. The van der Waals surface area contributed by atoms with Gasteiger partial charge in [-0.15, -0.1) is 0 Å². The van der Waals surface area contributed by atoms with Gasteiger partial charge >= 0.3 is 0 Å². The van der Waals surface area contributed by atoms with Crippen LogP contribution in [0, 0.1) is 0 Å². The van der Waals surface area contributed by atoms with Crippen molar-refractivity contribution in [1.82, 2.24) is 0 Å². The van der Waals surface area contributed by atoms with Crippen molar-refractivity contribution in [2.75, 3.05) is 9.91 Å². The summed E-state index contributed by atoms with van der Waals surface area (Å²) in [5, 5.41) is 9.04. The van der Waals surface area contributed by atoms with Crippen LogP contribution in [-0.4, -0.2) is 5.84 Å². The molecular weight excluding hydrogens is 561 g/mol. The Morgan fingerprint density at radius 2 is 1.30 bits per heavy atom. The molecule has 0 spiro atoms. The van der Waals surface area contributed by atoms with Gasteiger partial charge in [-0.05, 0) is 60.7 Å². The summed E-state index contributed by atoms with van der Waals surface area (Å²) in [4.78, 5) is 2.22. The molecule has 0 N–H and O–H groups in total. The molecule has 0 saturated carbocycles. The minimum atomic E-state index is -0.300. The number of para-hydroxylation sites is 1. The van der Waals surface area contributed by atoms with Gasteiger partial charge in [0.1, 0.15) is 12.4 Å². The largest absolute Gasteiger partial charge is 0.489 e. The van der Waals surface area contributed by atoms with E-state index in [0.717, 1.165) is 33.9 Å². The molecule has 0 aliphatic carbocycles. The number of hydrogen-bond donors (Lipinski definition) is 0. The molecule has 0 aromatic heterocycles. The van der Waals surface area contributed by atoms with Crippen molar-refractivity contribution in [3.05, 3.63) is 159 Å². The molecule has 198 valence electrons. The average Bonchev–Trinajstić information content (AvgIpc) is 3.39. The molecule has 1 aliphatic heterocycles. The number of hydrazone groups is 1. The Morgan fingerprint density at radius 1 is 0.650 bits per heavy atom. The van der Waals surface area contributed by atoms with E-state index in [0.29, 0.717) is 20.8 Å². The van der Waals surface area contributed by atoms with Crippen molar-refractivity contribution in [1.29, 1.82) is 0 Å². The van der Waals surface area contributed by atoms with E-state index in [1.807, 2.05) is 102 Å². The number of amidine groups is 1. The minimum Gasteiger partial charge on any atom is -0.489 e. The number of rotatable bonds is 7. The Bertz CT molecular complexity index is 1620. The fourth-order valence-electron chi connectivity index (χ4n) is 4.74. The van der Waals surface area contributed by atoms with E-state index in [-0.39, 0.29) is 12.8 Å². The van der Waals surface area contributed by atoms with E-state index in [1.54, 1.807) is 0 Å². The van der Waals surface area contributed by atoms with E-state index < -0.39 is 0 Å². The van der Waals surface area contributed by atoms with Crippen LogP contribution in [0.5, 0.6) is 5.75 Å². The fraction of sp³-hybridized carbons (Fsp3) is 0.0606. The molecule has 1 heterocycles. The normalized spacial score (nSPS) is 14.8. The van der Waals surface area contributed by atoms with Crippen molar-refractivity contribution >= 4 is 52.0 Å². The Morgan fingerprint density at radius 3 is 2.00 bits per heavy atom. The van der Waals surface area contributed by atoms with E-state index >= 15 is 0 Å². The van der Waals surface area contributed by atoms with Gasteiger partial charge in [-0.3, -0.25) is 4.90 Å². The Labute approximate surface area is 248 Å². The van der Waals surface area contributed by atoms with Gasteiger partial charge in [-0.1, -0.05) is 102 Å². The highest BCUT2D eigenvalue weighted by Gasteiger charge is 2.38. The predicted molar refractivity (Wildman–Crippen MR) is 166 cm³/mol. The molecule has 7 heteroatoms. The molecule has 0 bridgehead atoms. The zero-order valence-corrected chi connectivity index (χ0v) is 23.6. The molecule has 5 aromatic rings. The summed E-state index contributed by atoms with van der Waals surface area (Å²) in [6.45, 7) is 0.252. The zero-order chi connectivity index (χ0) is 27.5. The van der Waals surface area contributed by atoms with Crippen molar-refractivity contribution in [2.24, 2.45) is 5.10 Å². The molecule has 4 nitrogen and oxygen atoms in total. The second-order valence-electron chi connectivity index (χ2n) is 9.25. The van der Waals surface area contributed by atoms with Crippen LogP contribution >= 0.6 is 34.8 Å². The number of nitrogens with zero attached hydrogens (tertiary/aromatic N) is 3. The molecule has 5 aromatic carbocycles. The van der Waals surface area contributed by atoms with Gasteiger partial charge in [0.15, 0.2) is 12.0 Å². The summed E-state index contributed by atoms with van der Waals surface area (Å²) in [5.41, 5.74) is 4.68. The van der Waals surface area contributed by atoms with Crippen molar-refractivity contribution < 1.29 is 4.74 Å². The first-order valence-corrected chi connectivity index (χ1v) is 13.9. The third-order valence-corrected chi connectivity index (χ3v) is 7.63. The maximum atomic E-state index is 6.39. The zero-order valence-electron chi connectivity index (χ0n) is 21.3. The Kier molecular flexibility index (Phi) is 7.65. The van der Waals surface area contributed by atoms with E-state index in [1.165, 1.54) is 0 Å². The van der Waals surface area contributed by atoms with Crippen LogP contribution in [0.4, 0.5) is 11.4 Å². The monoisotopic (exact) mass is 583 g/mol. The quantitative estimate of drug-likeness (QED) is 0.191. The lowest BCUT2D eigenvalue weighted by atomic mass is 10.1. The summed E-state index contributed by atoms with van der Waals surface area (Å²) < 4.78 is 6.20. The van der Waals surface area contributed by atoms with Gasteiger partial charge in [-0.25, -0.2) is 5.01 Å². The Hall–Kier alpha value is -3.96. The molecule has 40 heavy (non-hydrogen) atoms. The highest BCUT2D eigenvalue weighted by Crippen LogP contribution is 2.41. The van der Waals surface area contributed by atoms with Gasteiger partial charge in [0, 0.05) is 37.4 Å². The highest BCUT2D eigenvalue weighted by molar-refractivity contribution is 6.36. The molecule has 1 atom stereocenters. The van der Waals surface area contributed by atoms with Crippen LogP contribution in [0.15, 0.2) is 132 Å². The lowest BCUT2D eigenvalue weighted by molar-refractivity contribution is 0.306. The van der Waals surface area contributed by atoms with Crippen LogP contribution in [0.2, 0.25) is 15.1 Å². The van der Waals surface area contributed by atoms with E-state index in [4.69, 9.17) is 44.6 Å². The molecule has 1 aliphatic rings. The molecule has 0 radical (unpaired) electrons. The molecular formula is C33H24Cl3N3O. The van der Waals surface area contributed by atoms with Gasteiger partial charge in [0.2, 0.25) is 0 Å². The minimum absolute atomic E-state index is 0.252. The van der Waals surface area contributed by atoms with Crippen LogP contribution in [0.1, 0.15) is 22.9 Å². The smallest absolute Gasteiger partial charge is 0.162 e. The SMILES string of the molecule is Clc1ccc(N2C(c3ccccc3)=NN(c3ccccc3)[C@@H]2c2cccc(OCc3c(Cl)cccc3Cl)c2)cc1. The highest BCUT2D eigenvalue weighted by atomic mass is 35.5. The average molecular weight is 585 g/mol. The summed E-state index contributed by atoms with van der Waals surface area (Å²) >= 11 is 19.1. The summed E-state index contributed by atoms with van der Waals surface area (Å²) in [5.74, 6) is 1.52. The summed E-state index contributed by atoms with van der Waals surface area (Å²) in [7, 11) is 0. The second-order valence-corrected chi connectivity index (χ2v) is 10.5. The van der Waals surface area contributed by atoms with E-state index in [2.05, 4.69) is 35.2 Å². The topological polar surface area (TPSA) is 28.1 Å². The van der Waals surface area contributed by atoms with Gasteiger partial charge in [0.05, 0.1) is 5.69 Å². The molecule has 0 fully saturated rings. The van der Waals surface area contributed by atoms with Gasteiger partial charge in [0.25, 0.3) is 0 Å². The standard InChI is InChI=1S/C33H24Cl3N3O/c34-25-17-19-26(20-18-25)38-32(23-9-3-1-4-10-23)37-39(27-12-5-2-6-13-27)33(38)24-11-7-14-28(21-24)40-22-29-30(35)15-8-16-31(29)36/h1-21,33H,22H2/t33-/m1/s1. The third kappa shape index (κ3) is 5.39. The van der Waals surface area contributed by atoms with Crippen LogP contribution < -0.4 is 14.6 Å². The fourth-order valence-corrected chi connectivity index (χ4v) is 5.37. The third-order valence-electron chi connectivity index (χ3n) is 6.67. The molecule has 0 unspecified atom stereocenters. The number of hydrogen-bond acceptors (Lipinski definition) is 4. The first-order chi connectivity index (χ1) is 19.6. The van der Waals surface area contributed by atoms with Gasteiger partial charge in [-0.2, -0.15) is 5.10 Å².